The van der Waals surface area contributed by atoms with Gasteiger partial charge in [-0.2, -0.15) is 11.8 Å². The summed E-state index contributed by atoms with van der Waals surface area (Å²) in [7, 11) is 0. The Labute approximate surface area is 194 Å². The Bertz CT molecular complexity index is 972. The van der Waals surface area contributed by atoms with Gasteiger partial charge in [0.25, 0.3) is 0 Å². The first-order valence-electron chi connectivity index (χ1n) is 11.1. The van der Waals surface area contributed by atoms with Crippen LogP contribution in [0, 0.1) is 0 Å². The second-order valence-electron chi connectivity index (χ2n) is 7.80. The maximum atomic E-state index is 12.2. The van der Waals surface area contributed by atoms with Crippen LogP contribution in [0.25, 0.3) is 11.1 Å². The molecule has 0 bridgehead atoms. The van der Waals surface area contributed by atoms with Crippen LogP contribution >= 0.6 is 11.8 Å². The van der Waals surface area contributed by atoms with Crippen LogP contribution in [0.3, 0.4) is 0 Å². The zero-order valence-electron chi connectivity index (χ0n) is 18.2. The summed E-state index contributed by atoms with van der Waals surface area (Å²) < 4.78 is 5.91. The Hall–Kier alpha value is -2.83. The lowest BCUT2D eigenvalue weighted by Crippen LogP contribution is -2.35. The van der Waals surface area contributed by atoms with Crippen molar-refractivity contribution < 1.29 is 9.53 Å². The molecule has 1 aliphatic heterocycles. The molecule has 166 valence electrons. The molecule has 6 heteroatoms. The summed E-state index contributed by atoms with van der Waals surface area (Å²) in [6, 6.07) is 21.9. The SMILES string of the molecule is O=C(Cc1ccc(-c2ccc(OCCN3CCSCC3)cc2)cn1)NCc1ccccc1. The summed E-state index contributed by atoms with van der Waals surface area (Å²) in [5.41, 5.74) is 3.95. The van der Waals surface area contributed by atoms with Gasteiger partial charge in [-0.25, -0.2) is 0 Å². The summed E-state index contributed by atoms with van der Waals surface area (Å²) in [6.07, 6.45) is 2.10. The van der Waals surface area contributed by atoms with E-state index in [4.69, 9.17) is 4.74 Å². The van der Waals surface area contributed by atoms with Gasteiger partial charge in [0, 0.05) is 55.1 Å². The van der Waals surface area contributed by atoms with Gasteiger partial charge in [-0.15, -0.1) is 0 Å². The van der Waals surface area contributed by atoms with Gasteiger partial charge in [0.05, 0.1) is 6.42 Å². The molecule has 4 rings (SSSR count). The van der Waals surface area contributed by atoms with Crippen LogP contribution in [0.5, 0.6) is 5.75 Å². The van der Waals surface area contributed by atoms with Crippen molar-refractivity contribution >= 4 is 17.7 Å². The minimum Gasteiger partial charge on any atom is -0.492 e. The van der Waals surface area contributed by atoms with E-state index in [1.54, 1.807) is 0 Å². The van der Waals surface area contributed by atoms with E-state index in [9.17, 15) is 4.79 Å². The molecule has 0 saturated carbocycles. The highest BCUT2D eigenvalue weighted by molar-refractivity contribution is 7.99. The number of aromatic nitrogens is 1. The summed E-state index contributed by atoms with van der Waals surface area (Å²) in [4.78, 5) is 19.1. The molecule has 1 fully saturated rings. The lowest BCUT2D eigenvalue weighted by Gasteiger charge is -2.25. The number of ether oxygens (including phenoxy) is 1. The van der Waals surface area contributed by atoms with Crippen LogP contribution in [0.2, 0.25) is 0 Å². The Kier molecular flexibility index (Phi) is 8.17. The molecule has 1 aromatic heterocycles. The lowest BCUT2D eigenvalue weighted by molar-refractivity contribution is -0.120. The van der Waals surface area contributed by atoms with Crippen LogP contribution in [0.4, 0.5) is 0 Å². The normalized spacial score (nSPS) is 14.1. The molecule has 0 radical (unpaired) electrons. The lowest BCUT2D eigenvalue weighted by atomic mass is 10.1. The number of nitrogens with one attached hydrogen (secondary N) is 1. The van der Waals surface area contributed by atoms with Gasteiger partial charge < -0.3 is 10.1 Å². The number of amides is 1. The van der Waals surface area contributed by atoms with Crippen molar-refractivity contribution in [3.8, 4) is 16.9 Å². The Morgan fingerprint density at radius 2 is 1.72 bits per heavy atom. The monoisotopic (exact) mass is 447 g/mol. The molecule has 5 nitrogen and oxygen atoms in total. The zero-order chi connectivity index (χ0) is 22.0. The number of rotatable bonds is 9. The third kappa shape index (κ3) is 6.84. The second-order valence-corrected chi connectivity index (χ2v) is 9.03. The smallest absolute Gasteiger partial charge is 0.226 e. The maximum absolute atomic E-state index is 12.2. The number of carbonyl (C=O) groups is 1. The number of benzene rings is 2. The van der Waals surface area contributed by atoms with Crippen molar-refractivity contribution in [1.82, 2.24) is 15.2 Å². The largest absolute Gasteiger partial charge is 0.492 e. The molecule has 0 unspecified atom stereocenters. The number of hydrogen-bond acceptors (Lipinski definition) is 5. The van der Waals surface area contributed by atoms with E-state index in [2.05, 4.69) is 27.3 Å². The van der Waals surface area contributed by atoms with E-state index in [1.807, 2.05) is 72.6 Å². The van der Waals surface area contributed by atoms with Gasteiger partial charge in [0.2, 0.25) is 5.91 Å². The fourth-order valence-electron chi connectivity index (χ4n) is 3.58. The highest BCUT2D eigenvalue weighted by Gasteiger charge is 2.10. The average Bonchev–Trinajstić information content (AvgIpc) is 2.85. The van der Waals surface area contributed by atoms with Crippen LogP contribution in [-0.4, -0.2) is 53.5 Å². The highest BCUT2D eigenvalue weighted by Crippen LogP contribution is 2.22. The van der Waals surface area contributed by atoms with Crippen molar-refractivity contribution in [3.05, 3.63) is 84.2 Å². The molecular formula is C26H29N3O2S. The molecule has 32 heavy (non-hydrogen) atoms. The number of carbonyl (C=O) groups excluding carboxylic acids is 1. The average molecular weight is 448 g/mol. The molecule has 0 spiro atoms. The van der Waals surface area contributed by atoms with Gasteiger partial charge >= 0.3 is 0 Å². The first-order valence-corrected chi connectivity index (χ1v) is 12.2. The number of nitrogens with zero attached hydrogens (tertiary/aromatic N) is 2. The predicted octanol–water partition coefficient (Wildman–Crippen LogP) is 4.04. The third-order valence-corrected chi connectivity index (χ3v) is 6.41. The molecule has 1 N–H and O–H groups in total. The van der Waals surface area contributed by atoms with E-state index < -0.39 is 0 Å². The molecule has 1 amide bonds. The standard InChI is InChI=1S/C26H29N3O2S/c30-26(28-19-21-4-2-1-3-5-21)18-24-9-6-23(20-27-24)22-7-10-25(11-8-22)31-15-12-29-13-16-32-17-14-29/h1-11,20H,12-19H2,(H,28,30). The molecular weight excluding hydrogens is 418 g/mol. The Morgan fingerprint density at radius 1 is 0.969 bits per heavy atom. The Morgan fingerprint density at radius 3 is 2.44 bits per heavy atom. The quantitative estimate of drug-likeness (QED) is 0.537. The fourth-order valence-corrected chi connectivity index (χ4v) is 4.56. The van der Waals surface area contributed by atoms with Crippen molar-refractivity contribution in [3.63, 3.8) is 0 Å². The Balaban J connectivity index is 1.23. The van der Waals surface area contributed by atoms with Gasteiger partial charge in [-0.05, 0) is 29.3 Å². The number of thioether (sulfide) groups is 1. The summed E-state index contributed by atoms with van der Waals surface area (Å²) in [6.45, 7) is 4.54. The number of hydrogen-bond donors (Lipinski definition) is 1. The molecule has 0 aliphatic carbocycles. The van der Waals surface area contributed by atoms with Crippen molar-refractivity contribution in [2.24, 2.45) is 0 Å². The van der Waals surface area contributed by atoms with Crippen LogP contribution in [0.1, 0.15) is 11.3 Å². The van der Waals surface area contributed by atoms with E-state index in [1.165, 1.54) is 11.5 Å². The first kappa shape index (κ1) is 22.4. The maximum Gasteiger partial charge on any atom is 0.226 e. The molecule has 3 aromatic rings. The van der Waals surface area contributed by atoms with Crippen molar-refractivity contribution in [2.75, 3.05) is 37.7 Å². The highest BCUT2D eigenvalue weighted by atomic mass is 32.2. The van der Waals surface area contributed by atoms with E-state index in [0.29, 0.717) is 13.2 Å². The molecule has 2 aromatic carbocycles. The summed E-state index contributed by atoms with van der Waals surface area (Å²) in [5.74, 6) is 3.30. The molecule has 0 atom stereocenters. The second kappa shape index (κ2) is 11.7. The van der Waals surface area contributed by atoms with Gasteiger partial charge in [0.1, 0.15) is 12.4 Å². The van der Waals surface area contributed by atoms with Gasteiger partial charge in [-0.1, -0.05) is 48.5 Å². The van der Waals surface area contributed by atoms with E-state index >= 15 is 0 Å². The van der Waals surface area contributed by atoms with E-state index in [-0.39, 0.29) is 12.3 Å². The first-order chi connectivity index (χ1) is 15.8. The minimum absolute atomic E-state index is 0.0288. The molecule has 1 aliphatic rings. The third-order valence-electron chi connectivity index (χ3n) is 5.47. The minimum atomic E-state index is -0.0288. The topological polar surface area (TPSA) is 54.5 Å². The predicted molar refractivity (Wildman–Crippen MR) is 131 cm³/mol. The van der Waals surface area contributed by atoms with Crippen LogP contribution < -0.4 is 10.1 Å². The van der Waals surface area contributed by atoms with E-state index in [0.717, 1.165) is 47.8 Å². The molecule has 1 saturated heterocycles. The van der Waals surface area contributed by atoms with Crippen molar-refractivity contribution in [2.45, 2.75) is 13.0 Å². The number of pyridine rings is 1. The summed E-state index contributed by atoms with van der Waals surface area (Å²) >= 11 is 2.03. The molecule has 2 heterocycles. The van der Waals surface area contributed by atoms with Crippen molar-refractivity contribution in [1.29, 1.82) is 0 Å². The van der Waals surface area contributed by atoms with Crippen LogP contribution in [0.15, 0.2) is 72.9 Å². The van der Waals surface area contributed by atoms with Gasteiger partial charge in [0.15, 0.2) is 0 Å². The van der Waals surface area contributed by atoms with Crippen LogP contribution in [-0.2, 0) is 17.8 Å². The fraction of sp³-hybridized carbons (Fsp3) is 0.308. The summed E-state index contributed by atoms with van der Waals surface area (Å²) in [5, 5.41) is 2.94. The van der Waals surface area contributed by atoms with Gasteiger partial charge in [-0.3, -0.25) is 14.7 Å². The zero-order valence-corrected chi connectivity index (χ0v) is 19.0.